The van der Waals surface area contributed by atoms with Crippen LogP contribution in [0.5, 0.6) is 5.75 Å². The van der Waals surface area contributed by atoms with Crippen molar-refractivity contribution in [2.45, 2.75) is 52.5 Å². The van der Waals surface area contributed by atoms with Crippen LogP contribution in [0.3, 0.4) is 0 Å². The van der Waals surface area contributed by atoms with Crippen LogP contribution >= 0.6 is 0 Å². The van der Waals surface area contributed by atoms with Gasteiger partial charge in [0.25, 0.3) is 17.9 Å². The second kappa shape index (κ2) is 11.6. The lowest BCUT2D eigenvalue weighted by molar-refractivity contribution is -0.150. The summed E-state index contributed by atoms with van der Waals surface area (Å²) in [5, 5.41) is 0. The quantitative estimate of drug-likeness (QED) is 0.158. The predicted octanol–water partition coefficient (Wildman–Crippen LogP) is 3.95. The minimum Gasteiger partial charge on any atom is -0.487 e. The van der Waals surface area contributed by atoms with Gasteiger partial charge in [0.05, 0.1) is 12.7 Å². The summed E-state index contributed by atoms with van der Waals surface area (Å²) >= 11 is 0. The SMILES string of the molecule is CCC(=O)O[Si](CCCOc1c(F)c(F)c(F)c(F)c1F)(OC(=O)CC)OC(=O)CC. The highest BCUT2D eigenvalue weighted by atomic mass is 28.4. The Morgan fingerprint density at radius 2 is 1.03 bits per heavy atom. The average molecular weight is 472 g/mol. The third-order valence-electron chi connectivity index (χ3n) is 3.72. The molecule has 0 aliphatic heterocycles. The van der Waals surface area contributed by atoms with Crippen molar-refractivity contribution in [3.63, 3.8) is 0 Å². The Hall–Kier alpha value is -2.70. The molecule has 1 aromatic carbocycles. The van der Waals surface area contributed by atoms with Crippen molar-refractivity contribution in [2.75, 3.05) is 6.61 Å². The molecule has 0 amide bonds. The lowest BCUT2D eigenvalue weighted by Gasteiger charge is -2.27. The number of carbonyl (C=O) groups excluding carboxylic acids is 3. The van der Waals surface area contributed by atoms with Gasteiger partial charge in [0, 0.05) is 19.3 Å². The smallest absolute Gasteiger partial charge is 0.487 e. The molecule has 7 nitrogen and oxygen atoms in total. The Morgan fingerprint density at radius 3 is 1.39 bits per heavy atom. The summed E-state index contributed by atoms with van der Waals surface area (Å²) in [6, 6.07) is -0.397. The molecule has 0 fully saturated rings. The van der Waals surface area contributed by atoms with Crippen molar-refractivity contribution in [1.29, 1.82) is 0 Å². The maximum atomic E-state index is 13.7. The van der Waals surface area contributed by atoms with Crippen molar-refractivity contribution in [3.05, 3.63) is 29.1 Å². The van der Waals surface area contributed by atoms with Crippen LogP contribution in [-0.2, 0) is 27.7 Å². The molecule has 0 aromatic heterocycles. The summed E-state index contributed by atoms with van der Waals surface area (Å²) in [4.78, 5) is 35.4. The summed E-state index contributed by atoms with van der Waals surface area (Å²) in [5.41, 5.74) is 0. The maximum absolute atomic E-state index is 13.7. The van der Waals surface area contributed by atoms with Crippen LogP contribution in [0.2, 0.25) is 6.04 Å². The van der Waals surface area contributed by atoms with Gasteiger partial charge in [-0.1, -0.05) is 20.8 Å². The molecule has 0 atom stereocenters. The lowest BCUT2D eigenvalue weighted by Crippen LogP contribution is -2.50. The van der Waals surface area contributed by atoms with Gasteiger partial charge in [-0.3, -0.25) is 14.4 Å². The molecule has 0 aliphatic carbocycles. The van der Waals surface area contributed by atoms with Crippen molar-refractivity contribution in [1.82, 2.24) is 0 Å². The van der Waals surface area contributed by atoms with Gasteiger partial charge in [0.2, 0.25) is 29.1 Å². The fraction of sp³-hybridized carbons (Fsp3) is 0.500. The molecular weight excluding hydrogens is 451 g/mol. The Kier molecular flexibility index (Phi) is 9.87. The summed E-state index contributed by atoms with van der Waals surface area (Å²) in [6.45, 7) is 3.69. The molecule has 13 heteroatoms. The van der Waals surface area contributed by atoms with Gasteiger partial charge in [-0.05, 0) is 6.42 Å². The highest BCUT2D eigenvalue weighted by Gasteiger charge is 2.52. The zero-order chi connectivity index (χ0) is 23.8. The molecule has 0 heterocycles. The highest BCUT2D eigenvalue weighted by Crippen LogP contribution is 2.29. The van der Waals surface area contributed by atoms with Crippen molar-refractivity contribution >= 4 is 26.7 Å². The van der Waals surface area contributed by atoms with E-state index in [4.69, 9.17) is 13.3 Å². The van der Waals surface area contributed by atoms with Gasteiger partial charge >= 0.3 is 8.80 Å². The minimum atomic E-state index is -4.27. The third-order valence-corrected chi connectivity index (χ3v) is 6.30. The monoisotopic (exact) mass is 472 g/mol. The fourth-order valence-corrected chi connectivity index (χ4v) is 4.61. The van der Waals surface area contributed by atoms with E-state index in [1.807, 2.05) is 0 Å². The lowest BCUT2D eigenvalue weighted by atomic mass is 10.2. The van der Waals surface area contributed by atoms with E-state index in [2.05, 4.69) is 4.74 Å². The Morgan fingerprint density at radius 1 is 0.677 bits per heavy atom. The van der Waals surface area contributed by atoms with E-state index in [1.54, 1.807) is 0 Å². The molecule has 31 heavy (non-hydrogen) atoms. The van der Waals surface area contributed by atoms with Crippen LogP contribution in [0.4, 0.5) is 22.0 Å². The van der Waals surface area contributed by atoms with Gasteiger partial charge in [0.1, 0.15) is 0 Å². The molecule has 0 unspecified atom stereocenters. The first-order chi connectivity index (χ1) is 14.5. The van der Waals surface area contributed by atoms with E-state index in [1.165, 1.54) is 20.8 Å². The predicted molar refractivity (Wildman–Crippen MR) is 96.1 cm³/mol. The summed E-state index contributed by atoms with van der Waals surface area (Å²) in [7, 11) is -4.27. The van der Waals surface area contributed by atoms with E-state index in [-0.39, 0.29) is 25.7 Å². The molecule has 0 bridgehead atoms. The van der Waals surface area contributed by atoms with Crippen molar-refractivity contribution in [3.8, 4) is 5.75 Å². The summed E-state index contributed by atoms with van der Waals surface area (Å²) < 4.78 is 87.0. The highest BCUT2D eigenvalue weighted by molar-refractivity contribution is 6.65. The van der Waals surface area contributed by atoms with Gasteiger partial charge in [0.15, 0.2) is 5.75 Å². The summed E-state index contributed by atoms with van der Waals surface area (Å²) in [6.07, 6.45) is -0.688. The van der Waals surface area contributed by atoms with Crippen molar-refractivity contribution < 1.29 is 54.4 Å². The van der Waals surface area contributed by atoms with Gasteiger partial charge in [-0.25, -0.2) is 13.2 Å². The molecule has 0 radical (unpaired) electrons. The van der Waals surface area contributed by atoms with Gasteiger partial charge in [-0.15, -0.1) is 0 Å². The third kappa shape index (κ3) is 6.91. The first-order valence-corrected chi connectivity index (χ1v) is 11.2. The molecule has 0 saturated carbocycles. The Labute approximate surface area is 175 Å². The van der Waals surface area contributed by atoms with E-state index >= 15 is 0 Å². The van der Waals surface area contributed by atoms with Crippen LogP contribution in [0.25, 0.3) is 0 Å². The van der Waals surface area contributed by atoms with Crippen LogP contribution in [0.1, 0.15) is 46.5 Å². The molecule has 1 aromatic rings. The van der Waals surface area contributed by atoms with Crippen LogP contribution in [0, 0.1) is 29.1 Å². The van der Waals surface area contributed by atoms with E-state index in [9.17, 15) is 36.3 Å². The Balaban J connectivity index is 3.04. The number of benzene rings is 1. The molecule has 0 spiro atoms. The zero-order valence-corrected chi connectivity index (χ0v) is 18.0. The van der Waals surface area contributed by atoms with Crippen LogP contribution in [-0.4, -0.2) is 33.3 Å². The molecular formula is C18H21F5O7Si. The Bertz CT molecular complexity index is 759. The molecule has 0 aliphatic rings. The largest absolute Gasteiger partial charge is 0.705 e. The first kappa shape index (κ1) is 26.3. The molecule has 174 valence electrons. The second-order valence-electron chi connectivity index (χ2n) is 6.02. The fourth-order valence-electron chi connectivity index (χ4n) is 2.13. The molecule has 0 N–H and O–H groups in total. The van der Waals surface area contributed by atoms with Gasteiger partial charge < -0.3 is 18.0 Å². The first-order valence-electron chi connectivity index (χ1n) is 9.31. The van der Waals surface area contributed by atoms with Crippen LogP contribution in [0.15, 0.2) is 0 Å². The maximum Gasteiger partial charge on any atom is 0.705 e. The number of halogens is 5. The molecule has 0 saturated heterocycles. The van der Waals surface area contributed by atoms with E-state index in [0.29, 0.717) is 0 Å². The number of hydrogen-bond donors (Lipinski definition) is 0. The number of hydrogen-bond acceptors (Lipinski definition) is 7. The number of ether oxygens (including phenoxy) is 1. The standard InChI is InChI=1S/C18H21F5O7Si/c1-4-10(24)28-31(29-11(25)5-2,30-12(26)6-3)9-7-8-27-18-16(22)14(20)13(19)15(21)17(18)23/h4-9H2,1-3H3. The minimum absolute atomic E-state index is 0.136. The second-order valence-corrected chi connectivity index (χ2v) is 8.50. The topological polar surface area (TPSA) is 88.1 Å². The summed E-state index contributed by atoms with van der Waals surface area (Å²) in [5.74, 6) is -15.0. The van der Waals surface area contributed by atoms with E-state index in [0.717, 1.165) is 0 Å². The van der Waals surface area contributed by atoms with Crippen molar-refractivity contribution in [2.24, 2.45) is 0 Å². The number of rotatable bonds is 11. The van der Waals surface area contributed by atoms with Gasteiger partial charge in [-0.2, -0.15) is 8.78 Å². The van der Waals surface area contributed by atoms with Crippen LogP contribution < -0.4 is 4.74 Å². The zero-order valence-electron chi connectivity index (χ0n) is 17.0. The molecule has 1 rings (SSSR count). The normalized spacial score (nSPS) is 11.1. The van der Waals surface area contributed by atoms with E-state index < -0.39 is 74.2 Å². The number of carbonyl (C=O) groups is 3. The average Bonchev–Trinajstić information content (AvgIpc) is 2.75.